The topological polar surface area (TPSA) is 64.6 Å². The number of rotatable bonds is 7. The number of methoxy groups -OCH3 is 1. The highest BCUT2D eigenvalue weighted by molar-refractivity contribution is 7.92. The van der Waals surface area contributed by atoms with Gasteiger partial charge in [-0.2, -0.15) is 0 Å². The Kier molecular flexibility index (Phi) is 5.57. The number of benzene rings is 2. The SMILES string of the molecule is COCCOc1ccc(NS(=O)(=O)c2ccc(F)c(C)c2)cc1. The Morgan fingerprint density at radius 2 is 1.78 bits per heavy atom. The Bertz CT molecular complexity index is 760. The van der Waals surface area contributed by atoms with Crippen LogP contribution in [0.2, 0.25) is 0 Å². The highest BCUT2D eigenvalue weighted by Gasteiger charge is 2.15. The van der Waals surface area contributed by atoms with Gasteiger partial charge < -0.3 is 9.47 Å². The molecule has 5 nitrogen and oxygen atoms in total. The summed E-state index contributed by atoms with van der Waals surface area (Å²) in [6, 6.07) is 10.2. The zero-order valence-corrected chi connectivity index (χ0v) is 13.7. The summed E-state index contributed by atoms with van der Waals surface area (Å²) in [6.07, 6.45) is 0. The molecule has 0 aliphatic heterocycles. The van der Waals surface area contributed by atoms with Gasteiger partial charge in [0, 0.05) is 12.8 Å². The molecule has 23 heavy (non-hydrogen) atoms. The van der Waals surface area contributed by atoms with Gasteiger partial charge in [-0.05, 0) is 55.0 Å². The summed E-state index contributed by atoms with van der Waals surface area (Å²) in [4.78, 5) is 0.0109. The van der Waals surface area contributed by atoms with Crippen LogP contribution in [0.4, 0.5) is 10.1 Å². The van der Waals surface area contributed by atoms with Crippen molar-refractivity contribution in [3.05, 3.63) is 53.8 Å². The fourth-order valence-corrected chi connectivity index (χ4v) is 3.00. The second-order valence-corrected chi connectivity index (χ2v) is 6.56. The van der Waals surface area contributed by atoms with E-state index in [-0.39, 0.29) is 10.5 Å². The number of nitrogens with one attached hydrogen (secondary N) is 1. The lowest BCUT2D eigenvalue weighted by atomic mass is 10.2. The van der Waals surface area contributed by atoms with Gasteiger partial charge >= 0.3 is 0 Å². The van der Waals surface area contributed by atoms with Crippen molar-refractivity contribution in [3.63, 3.8) is 0 Å². The van der Waals surface area contributed by atoms with Gasteiger partial charge in [0.25, 0.3) is 10.0 Å². The third-order valence-electron chi connectivity index (χ3n) is 3.10. The van der Waals surface area contributed by atoms with Crippen molar-refractivity contribution < 1.29 is 22.3 Å². The lowest BCUT2D eigenvalue weighted by Gasteiger charge is -2.10. The minimum Gasteiger partial charge on any atom is -0.491 e. The van der Waals surface area contributed by atoms with E-state index in [2.05, 4.69) is 4.72 Å². The predicted octanol–water partition coefficient (Wildman–Crippen LogP) is 2.96. The average Bonchev–Trinajstić information content (AvgIpc) is 2.51. The molecule has 0 bridgehead atoms. The first kappa shape index (κ1) is 17.2. The van der Waals surface area contributed by atoms with Crippen LogP contribution in [0.3, 0.4) is 0 Å². The second kappa shape index (κ2) is 7.43. The lowest BCUT2D eigenvalue weighted by Crippen LogP contribution is -2.13. The highest BCUT2D eigenvalue weighted by atomic mass is 32.2. The van der Waals surface area contributed by atoms with Crippen LogP contribution in [0.25, 0.3) is 0 Å². The van der Waals surface area contributed by atoms with Crippen molar-refractivity contribution in [2.45, 2.75) is 11.8 Å². The van der Waals surface area contributed by atoms with Gasteiger partial charge in [-0.25, -0.2) is 12.8 Å². The number of hydrogen-bond acceptors (Lipinski definition) is 4. The third-order valence-corrected chi connectivity index (χ3v) is 4.48. The van der Waals surface area contributed by atoms with Crippen LogP contribution in [0, 0.1) is 12.7 Å². The van der Waals surface area contributed by atoms with Gasteiger partial charge in [0.2, 0.25) is 0 Å². The van der Waals surface area contributed by atoms with E-state index in [0.717, 1.165) is 6.07 Å². The molecule has 0 aliphatic carbocycles. The van der Waals surface area contributed by atoms with Crippen LogP contribution in [0.1, 0.15) is 5.56 Å². The van der Waals surface area contributed by atoms with Gasteiger partial charge in [0.15, 0.2) is 0 Å². The molecule has 2 aromatic carbocycles. The van der Waals surface area contributed by atoms with Gasteiger partial charge in [-0.15, -0.1) is 0 Å². The maximum Gasteiger partial charge on any atom is 0.261 e. The molecule has 2 aromatic rings. The van der Waals surface area contributed by atoms with E-state index >= 15 is 0 Å². The van der Waals surface area contributed by atoms with Crippen molar-refractivity contribution in [2.75, 3.05) is 25.0 Å². The number of sulfonamides is 1. The van der Waals surface area contributed by atoms with E-state index in [9.17, 15) is 12.8 Å². The lowest BCUT2D eigenvalue weighted by molar-refractivity contribution is 0.146. The first-order valence-electron chi connectivity index (χ1n) is 6.93. The largest absolute Gasteiger partial charge is 0.491 e. The van der Waals surface area contributed by atoms with Crippen LogP contribution in [-0.4, -0.2) is 28.7 Å². The summed E-state index contributed by atoms with van der Waals surface area (Å²) >= 11 is 0. The van der Waals surface area contributed by atoms with Crippen molar-refractivity contribution in [3.8, 4) is 5.75 Å². The molecule has 0 atom stereocenters. The zero-order chi connectivity index (χ0) is 16.9. The molecule has 0 spiro atoms. The summed E-state index contributed by atoms with van der Waals surface area (Å²) in [6.45, 7) is 2.40. The molecule has 2 rings (SSSR count). The number of anilines is 1. The van der Waals surface area contributed by atoms with E-state index in [4.69, 9.17) is 9.47 Å². The standard InChI is InChI=1S/C16H18FNO4S/c1-12-11-15(7-8-16(12)17)23(19,20)18-13-3-5-14(6-4-13)22-10-9-21-2/h3-8,11,18H,9-10H2,1-2H3. The molecule has 0 heterocycles. The number of halogens is 1. The Hall–Kier alpha value is -2.12. The highest BCUT2D eigenvalue weighted by Crippen LogP contribution is 2.20. The molecule has 0 saturated carbocycles. The monoisotopic (exact) mass is 339 g/mol. The van der Waals surface area contributed by atoms with Gasteiger partial charge in [-0.3, -0.25) is 4.72 Å². The first-order chi connectivity index (χ1) is 10.9. The van der Waals surface area contributed by atoms with Crippen molar-refractivity contribution >= 4 is 15.7 Å². The Morgan fingerprint density at radius 3 is 2.39 bits per heavy atom. The molecule has 0 aliphatic rings. The van der Waals surface area contributed by atoms with Gasteiger partial charge in [0.1, 0.15) is 18.2 Å². The fourth-order valence-electron chi connectivity index (χ4n) is 1.86. The van der Waals surface area contributed by atoms with Crippen molar-refractivity contribution in [2.24, 2.45) is 0 Å². The first-order valence-corrected chi connectivity index (χ1v) is 8.41. The Labute approximate surface area is 135 Å². The quantitative estimate of drug-likeness (QED) is 0.788. The van der Waals surface area contributed by atoms with Crippen LogP contribution in [0.15, 0.2) is 47.4 Å². The van der Waals surface area contributed by atoms with E-state index in [1.165, 1.54) is 19.1 Å². The Morgan fingerprint density at radius 1 is 1.09 bits per heavy atom. The molecule has 0 amide bonds. The third kappa shape index (κ3) is 4.67. The number of ether oxygens (including phenoxy) is 2. The van der Waals surface area contributed by atoms with Crippen molar-refractivity contribution in [1.29, 1.82) is 0 Å². The second-order valence-electron chi connectivity index (χ2n) is 4.88. The fraction of sp³-hybridized carbons (Fsp3) is 0.250. The van der Waals surface area contributed by atoms with Crippen LogP contribution >= 0.6 is 0 Å². The number of hydrogen-bond donors (Lipinski definition) is 1. The van der Waals surface area contributed by atoms with E-state index in [0.29, 0.717) is 24.7 Å². The van der Waals surface area contributed by atoms with Crippen LogP contribution < -0.4 is 9.46 Å². The zero-order valence-electron chi connectivity index (χ0n) is 12.9. The van der Waals surface area contributed by atoms with E-state index in [1.54, 1.807) is 31.4 Å². The minimum atomic E-state index is -3.76. The minimum absolute atomic E-state index is 0.0109. The molecule has 0 unspecified atom stereocenters. The summed E-state index contributed by atoms with van der Waals surface area (Å²) in [7, 11) is -2.18. The van der Waals surface area contributed by atoms with Crippen LogP contribution in [0.5, 0.6) is 5.75 Å². The molecular weight excluding hydrogens is 321 g/mol. The molecule has 0 saturated heterocycles. The summed E-state index contributed by atoms with van der Waals surface area (Å²) < 4.78 is 50.5. The maximum atomic E-state index is 13.2. The molecule has 1 N–H and O–H groups in total. The molecule has 0 aromatic heterocycles. The molecule has 7 heteroatoms. The predicted molar refractivity (Wildman–Crippen MR) is 85.8 cm³/mol. The molecule has 0 radical (unpaired) electrons. The Balaban J connectivity index is 2.09. The van der Waals surface area contributed by atoms with Crippen molar-refractivity contribution in [1.82, 2.24) is 0 Å². The summed E-state index contributed by atoms with van der Waals surface area (Å²) in [5.41, 5.74) is 0.667. The maximum absolute atomic E-state index is 13.2. The molecule has 124 valence electrons. The van der Waals surface area contributed by atoms with Crippen LogP contribution in [-0.2, 0) is 14.8 Å². The number of aryl methyl sites for hydroxylation is 1. The molecule has 0 fully saturated rings. The van der Waals surface area contributed by atoms with Gasteiger partial charge in [0.05, 0.1) is 11.5 Å². The van der Waals surface area contributed by atoms with Gasteiger partial charge in [-0.1, -0.05) is 0 Å². The summed E-state index contributed by atoms with van der Waals surface area (Å²) in [5.74, 6) is 0.170. The molecular formula is C16H18FNO4S. The summed E-state index contributed by atoms with van der Waals surface area (Å²) in [5, 5.41) is 0. The van der Waals surface area contributed by atoms with E-state index in [1.807, 2.05) is 0 Å². The average molecular weight is 339 g/mol. The normalized spacial score (nSPS) is 11.3. The van der Waals surface area contributed by atoms with E-state index < -0.39 is 15.8 Å². The smallest absolute Gasteiger partial charge is 0.261 e.